The van der Waals surface area contributed by atoms with Crippen molar-refractivity contribution in [2.75, 3.05) is 4.72 Å². The summed E-state index contributed by atoms with van der Waals surface area (Å²) in [6, 6.07) is 7.14. The molecule has 6 nitrogen and oxygen atoms in total. The van der Waals surface area contributed by atoms with Crippen molar-refractivity contribution < 1.29 is 23.3 Å². The van der Waals surface area contributed by atoms with Crippen LogP contribution < -0.4 is 4.72 Å². The second-order valence-electron chi connectivity index (χ2n) is 6.41. The molecule has 0 aromatic heterocycles. The number of esters is 2. The normalized spacial score (nSPS) is 18.0. The third-order valence-electron chi connectivity index (χ3n) is 3.83. The monoisotopic (exact) mass is 379 g/mol. The Balaban J connectivity index is 2.01. The predicted molar refractivity (Wildman–Crippen MR) is 101 cm³/mol. The minimum absolute atomic E-state index is 0.204. The zero-order valence-electron chi connectivity index (χ0n) is 15.3. The van der Waals surface area contributed by atoms with E-state index in [1.807, 2.05) is 6.08 Å². The van der Waals surface area contributed by atoms with E-state index in [1.54, 1.807) is 38.1 Å². The quantitative estimate of drug-likeness (QED) is 0.736. The molecule has 0 fully saturated rings. The van der Waals surface area contributed by atoms with Crippen LogP contribution in [0.15, 0.2) is 35.9 Å². The highest BCUT2D eigenvalue weighted by Crippen LogP contribution is 2.25. The van der Waals surface area contributed by atoms with E-state index in [2.05, 4.69) is 4.72 Å². The first-order valence-electron chi connectivity index (χ1n) is 8.67. The Morgan fingerprint density at radius 2 is 1.96 bits per heavy atom. The third-order valence-corrected chi connectivity index (χ3v) is 5.28. The van der Waals surface area contributed by atoms with Crippen LogP contribution in [0.1, 0.15) is 45.6 Å². The van der Waals surface area contributed by atoms with E-state index in [-0.39, 0.29) is 18.7 Å². The lowest BCUT2D eigenvalue weighted by atomic mass is 9.99. The topological polar surface area (TPSA) is 81.7 Å². The van der Waals surface area contributed by atoms with Crippen molar-refractivity contribution in [3.63, 3.8) is 0 Å². The number of carbonyl (C=O) groups is 2. The van der Waals surface area contributed by atoms with Gasteiger partial charge in [0, 0.05) is 12.6 Å². The van der Waals surface area contributed by atoms with Crippen LogP contribution in [0.25, 0.3) is 0 Å². The maximum Gasteiger partial charge on any atom is 0.335 e. The van der Waals surface area contributed by atoms with Gasteiger partial charge in [-0.05, 0) is 50.8 Å². The van der Waals surface area contributed by atoms with E-state index in [1.165, 1.54) is 6.92 Å². The van der Waals surface area contributed by atoms with Crippen molar-refractivity contribution in [2.45, 2.75) is 58.0 Å². The second kappa shape index (κ2) is 9.52. The number of carbonyl (C=O) groups excluding carboxylic acids is 2. The lowest BCUT2D eigenvalue weighted by molar-refractivity contribution is -0.143. The van der Waals surface area contributed by atoms with Gasteiger partial charge in [-0.2, -0.15) is 0 Å². The van der Waals surface area contributed by atoms with Crippen molar-refractivity contribution in [3.8, 4) is 0 Å². The van der Waals surface area contributed by atoms with Crippen LogP contribution >= 0.6 is 0 Å². The molecule has 1 aromatic rings. The Hall–Kier alpha value is -2.15. The molecule has 1 N–H and O–H groups in total. The van der Waals surface area contributed by atoms with Crippen molar-refractivity contribution >= 4 is 28.6 Å². The number of rotatable bonds is 7. The summed E-state index contributed by atoms with van der Waals surface area (Å²) in [4.78, 5) is 23.1. The van der Waals surface area contributed by atoms with Crippen LogP contribution in [0.4, 0.5) is 5.69 Å². The molecule has 0 amide bonds. The molecule has 1 aliphatic carbocycles. The summed E-state index contributed by atoms with van der Waals surface area (Å²) < 4.78 is 25.9. The highest BCUT2D eigenvalue weighted by atomic mass is 32.2. The van der Waals surface area contributed by atoms with Gasteiger partial charge in [-0.25, -0.2) is 9.00 Å². The van der Waals surface area contributed by atoms with Crippen molar-refractivity contribution in [3.05, 3.63) is 41.5 Å². The zero-order valence-corrected chi connectivity index (χ0v) is 16.1. The Kier molecular flexibility index (Phi) is 7.38. The van der Waals surface area contributed by atoms with Crippen LogP contribution in [-0.4, -0.2) is 27.5 Å². The standard InChI is InChI=1S/C19H25NO5S/c1-13(2)25-19(22)17-6-4-5-7-18(17)26(23)20-16-10-8-15(9-11-16)12-24-14(3)21/h6,8-11,13,18,20H,4-5,7,12H2,1-3H3. The Morgan fingerprint density at radius 3 is 2.58 bits per heavy atom. The number of anilines is 1. The fraction of sp³-hybridized carbons (Fsp3) is 0.474. The Bertz CT molecular complexity index is 696. The highest BCUT2D eigenvalue weighted by molar-refractivity contribution is 7.87. The van der Waals surface area contributed by atoms with Gasteiger partial charge in [0.15, 0.2) is 0 Å². The number of allylic oxidation sites excluding steroid dienone is 1. The third kappa shape index (κ3) is 5.98. The predicted octanol–water partition coefficient (Wildman–Crippen LogP) is 3.26. The molecule has 1 aliphatic rings. The molecule has 0 spiro atoms. The molecule has 1 aromatic carbocycles. The van der Waals surface area contributed by atoms with Gasteiger partial charge in [0.05, 0.1) is 16.9 Å². The molecular weight excluding hydrogens is 354 g/mol. The smallest absolute Gasteiger partial charge is 0.335 e. The largest absolute Gasteiger partial charge is 0.461 e. The number of ether oxygens (including phenoxy) is 2. The molecule has 0 heterocycles. The summed E-state index contributed by atoms with van der Waals surface area (Å²) in [6.07, 6.45) is 3.97. The molecule has 2 atom stereocenters. The molecule has 7 heteroatoms. The Labute approximate surface area is 156 Å². The average molecular weight is 379 g/mol. The van der Waals surface area contributed by atoms with Gasteiger partial charge < -0.3 is 14.2 Å². The molecule has 0 radical (unpaired) electrons. The molecule has 0 bridgehead atoms. The highest BCUT2D eigenvalue weighted by Gasteiger charge is 2.30. The molecule has 0 saturated heterocycles. The molecule has 0 saturated carbocycles. The van der Waals surface area contributed by atoms with E-state index in [9.17, 15) is 13.8 Å². The van der Waals surface area contributed by atoms with Gasteiger partial charge in [-0.15, -0.1) is 0 Å². The summed E-state index contributed by atoms with van der Waals surface area (Å²) in [7, 11) is -1.45. The van der Waals surface area contributed by atoms with Crippen molar-refractivity contribution in [2.24, 2.45) is 0 Å². The molecule has 26 heavy (non-hydrogen) atoms. The summed E-state index contributed by atoms with van der Waals surface area (Å²) in [6.45, 7) is 5.15. The van der Waals surface area contributed by atoms with E-state index in [0.717, 1.165) is 18.4 Å². The summed E-state index contributed by atoms with van der Waals surface area (Å²) in [5.74, 6) is -0.727. The van der Waals surface area contributed by atoms with Crippen LogP contribution in [0.2, 0.25) is 0 Å². The van der Waals surface area contributed by atoms with Crippen LogP contribution in [-0.2, 0) is 36.7 Å². The molecule has 142 valence electrons. The molecule has 2 rings (SSSR count). The van der Waals surface area contributed by atoms with Gasteiger partial charge in [0.2, 0.25) is 0 Å². The molecule has 2 unspecified atom stereocenters. The number of hydrogen-bond donors (Lipinski definition) is 1. The first-order chi connectivity index (χ1) is 12.4. The van der Waals surface area contributed by atoms with Crippen molar-refractivity contribution in [1.82, 2.24) is 0 Å². The lowest BCUT2D eigenvalue weighted by Crippen LogP contribution is -2.31. The zero-order chi connectivity index (χ0) is 19.1. The SMILES string of the molecule is CC(=O)OCc1ccc(NS(=O)C2CCCC=C2C(=O)OC(C)C)cc1. The number of hydrogen-bond acceptors (Lipinski definition) is 5. The summed E-state index contributed by atoms with van der Waals surface area (Å²) in [5.41, 5.74) is 2.01. The Morgan fingerprint density at radius 1 is 1.27 bits per heavy atom. The maximum absolute atomic E-state index is 12.8. The number of nitrogens with one attached hydrogen (secondary N) is 1. The van der Waals surface area contributed by atoms with E-state index < -0.39 is 22.2 Å². The summed E-state index contributed by atoms with van der Waals surface area (Å²) in [5, 5.41) is -0.393. The van der Waals surface area contributed by atoms with Gasteiger partial charge in [0.25, 0.3) is 0 Å². The van der Waals surface area contributed by atoms with Crippen LogP contribution in [0, 0.1) is 0 Å². The first kappa shape index (κ1) is 20.2. The summed E-state index contributed by atoms with van der Waals surface area (Å²) >= 11 is 0. The average Bonchev–Trinajstić information content (AvgIpc) is 2.60. The fourth-order valence-corrected chi connectivity index (χ4v) is 3.92. The van der Waals surface area contributed by atoms with E-state index in [0.29, 0.717) is 17.7 Å². The fourth-order valence-electron chi connectivity index (χ4n) is 2.61. The van der Waals surface area contributed by atoms with Crippen LogP contribution in [0.3, 0.4) is 0 Å². The first-order valence-corrected chi connectivity index (χ1v) is 9.88. The molecular formula is C19H25NO5S. The van der Waals surface area contributed by atoms with Gasteiger partial charge >= 0.3 is 11.9 Å². The van der Waals surface area contributed by atoms with Crippen molar-refractivity contribution in [1.29, 1.82) is 0 Å². The van der Waals surface area contributed by atoms with Gasteiger partial charge in [0.1, 0.15) is 17.6 Å². The number of benzene rings is 1. The molecule has 0 aliphatic heterocycles. The lowest BCUT2D eigenvalue weighted by Gasteiger charge is -2.23. The maximum atomic E-state index is 12.8. The van der Waals surface area contributed by atoms with Crippen LogP contribution in [0.5, 0.6) is 0 Å². The van der Waals surface area contributed by atoms with E-state index in [4.69, 9.17) is 9.47 Å². The van der Waals surface area contributed by atoms with E-state index >= 15 is 0 Å². The second-order valence-corrected chi connectivity index (χ2v) is 7.78. The minimum atomic E-state index is -1.45. The van der Waals surface area contributed by atoms with Gasteiger partial charge in [-0.1, -0.05) is 18.2 Å². The van der Waals surface area contributed by atoms with Gasteiger partial charge in [-0.3, -0.25) is 4.79 Å². The minimum Gasteiger partial charge on any atom is -0.461 e.